The summed E-state index contributed by atoms with van der Waals surface area (Å²) in [6.45, 7) is 3.07. The van der Waals surface area contributed by atoms with Crippen molar-refractivity contribution in [1.82, 2.24) is 10.2 Å². The zero-order valence-corrected chi connectivity index (χ0v) is 15.1. The first kappa shape index (κ1) is 16.4. The van der Waals surface area contributed by atoms with Gasteiger partial charge in [0.25, 0.3) is 0 Å². The molecule has 0 saturated carbocycles. The molecule has 2 heterocycles. The van der Waals surface area contributed by atoms with Gasteiger partial charge in [-0.2, -0.15) is 0 Å². The van der Waals surface area contributed by atoms with Crippen LogP contribution in [0.1, 0.15) is 11.3 Å². The lowest BCUT2D eigenvalue weighted by atomic mass is 10.2. The molecule has 1 atom stereocenters. The van der Waals surface area contributed by atoms with Crippen molar-refractivity contribution in [3.63, 3.8) is 0 Å². The van der Waals surface area contributed by atoms with Gasteiger partial charge in [-0.15, -0.1) is 23.1 Å². The molecule has 2 aromatic rings. The third-order valence-corrected chi connectivity index (χ3v) is 6.15. The van der Waals surface area contributed by atoms with Crippen molar-refractivity contribution in [3.05, 3.63) is 52.7 Å². The summed E-state index contributed by atoms with van der Waals surface area (Å²) in [5.74, 6) is 2.95. The Hall–Kier alpha value is -1.46. The van der Waals surface area contributed by atoms with Gasteiger partial charge < -0.3 is 10.2 Å². The summed E-state index contributed by atoms with van der Waals surface area (Å²) < 4.78 is 0. The maximum atomic E-state index is 4.45. The Balaban J connectivity index is 1.46. The number of aliphatic imine (C=N–C) groups is 1. The Kier molecular flexibility index (Phi) is 6.00. The molecular formula is C18H23N3S2. The van der Waals surface area contributed by atoms with E-state index in [4.69, 9.17) is 0 Å². The van der Waals surface area contributed by atoms with Gasteiger partial charge in [0.05, 0.1) is 6.54 Å². The van der Waals surface area contributed by atoms with E-state index in [1.807, 2.05) is 18.8 Å². The highest BCUT2D eigenvalue weighted by atomic mass is 32.2. The Morgan fingerprint density at radius 3 is 2.91 bits per heavy atom. The number of nitrogens with one attached hydrogen (secondary N) is 1. The topological polar surface area (TPSA) is 27.6 Å². The van der Waals surface area contributed by atoms with Gasteiger partial charge in [-0.25, -0.2) is 0 Å². The molecule has 1 N–H and O–H groups in total. The lowest BCUT2D eigenvalue weighted by Crippen LogP contribution is -2.39. The Labute approximate surface area is 146 Å². The number of nitrogens with zero attached hydrogens (tertiary/aromatic N) is 2. The fraction of sp³-hybridized carbons (Fsp3) is 0.389. The standard InChI is InChI=1S/C18H23N3S2/c1-19-18(20-12-17-8-5-11-22-17)21-10-9-15(13-21)14-23-16-6-3-2-4-7-16/h2-8,11,15H,9-10,12-14H2,1H3,(H,19,20). The van der Waals surface area contributed by atoms with Crippen molar-refractivity contribution in [2.75, 3.05) is 25.9 Å². The van der Waals surface area contributed by atoms with Gasteiger partial charge in [-0.3, -0.25) is 4.99 Å². The number of hydrogen-bond donors (Lipinski definition) is 1. The molecule has 3 nitrogen and oxygen atoms in total. The number of benzene rings is 1. The third-order valence-electron chi connectivity index (χ3n) is 4.03. The summed E-state index contributed by atoms with van der Waals surface area (Å²) in [6.07, 6.45) is 1.25. The SMILES string of the molecule is CN=C(NCc1cccs1)N1CCC(CSc2ccccc2)C1. The molecule has 0 bridgehead atoms. The van der Waals surface area contributed by atoms with Crippen molar-refractivity contribution in [3.8, 4) is 0 Å². The molecule has 0 spiro atoms. The average Bonchev–Trinajstić information content (AvgIpc) is 3.26. The van der Waals surface area contributed by atoms with Crippen LogP contribution in [0.4, 0.5) is 0 Å². The fourth-order valence-corrected chi connectivity index (χ4v) is 4.50. The summed E-state index contributed by atoms with van der Waals surface area (Å²) in [5.41, 5.74) is 0. The minimum atomic E-state index is 0.737. The van der Waals surface area contributed by atoms with Crippen LogP contribution in [0.5, 0.6) is 0 Å². The highest BCUT2D eigenvalue weighted by Crippen LogP contribution is 2.25. The van der Waals surface area contributed by atoms with Crippen LogP contribution in [-0.4, -0.2) is 36.7 Å². The molecule has 3 rings (SSSR count). The Bertz CT molecular complexity index is 610. The van der Waals surface area contributed by atoms with Crippen LogP contribution < -0.4 is 5.32 Å². The normalized spacial score (nSPS) is 18.4. The van der Waals surface area contributed by atoms with E-state index in [2.05, 4.69) is 63.1 Å². The van der Waals surface area contributed by atoms with E-state index in [1.165, 1.54) is 21.9 Å². The molecular weight excluding hydrogens is 322 g/mol. The molecule has 23 heavy (non-hydrogen) atoms. The van der Waals surface area contributed by atoms with Crippen molar-refractivity contribution >= 4 is 29.1 Å². The van der Waals surface area contributed by atoms with E-state index in [0.29, 0.717) is 0 Å². The summed E-state index contributed by atoms with van der Waals surface area (Å²) in [4.78, 5) is 9.56. The van der Waals surface area contributed by atoms with Crippen LogP contribution in [0.15, 0.2) is 57.7 Å². The van der Waals surface area contributed by atoms with Crippen LogP contribution in [0.25, 0.3) is 0 Å². The average molecular weight is 346 g/mol. The van der Waals surface area contributed by atoms with Crippen molar-refractivity contribution < 1.29 is 0 Å². The maximum absolute atomic E-state index is 4.45. The monoisotopic (exact) mass is 345 g/mol. The second-order valence-corrected chi connectivity index (χ2v) is 7.83. The van der Waals surface area contributed by atoms with E-state index in [0.717, 1.165) is 31.5 Å². The van der Waals surface area contributed by atoms with Crippen LogP contribution in [0.2, 0.25) is 0 Å². The maximum Gasteiger partial charge on any atom is 0.193 e. The molecule has 1 saturated heterocycles. The molecule has 1 aromatic heterocycles. The molecule has 5 heteroatoms. The van der Waals surface area contributed by atoms with Gasteiger partial charge in [-0.05, 0) is 35.9 Å². The van der Waals surface area contributed by atoms with E-state index < -0.39 is 0 Å². The summed E-state index contributed by atoms with van der Waals surface area (Å²) in [5, 5.41) is 5.61. The van der Waals surface area contributed by atoms with Gasteiger partial charge in [0.15, 0.2) is 5.96 Å². The first-order valence-electron chi connectivity index (χ1n) is 8.01. The van der Waals surface area contributed by atoms with Gasteiger partial charge in [0, 0.05) is 35.7 Å². The fourth-order valence-electron chi connectivity index (χ4n) is 2.80. The molecule has 1 aliphatic rings. The first-order chi connectivity index (χ1) is 11.3. The summed E-state index contributed by atoms with van der Waals surface area (Å²) in [7, 11) is 1.88. The quantitative estimate of drug-likeness (QED) is 0.505. The number of hydrogen-bond acceptors (Lipinski definition) is 3. The second-order valence-electron chi connectivity index (χ2n) is 5.70. The van der Waals surface area contributed by atoms with Gasteiger partial charge >= 0.3 is 0 Å². The summed E-state index contributed by atoms with van der Waals surface area (Å²) >= 11 is 3.75. The molecule has 1 aliphatic heterocycles. The number of guanidine groups is 1. The smallest absolute Gasteiger partial charge is 0.193 e. The molecule has 1 aromatic carbocycles. The van der Waals surface area contributed by atoms with Gasteiger partial charge in [0.1, 0.15) is 0 Å². The van der Waals surface area contributed by atoms with Crippen LogP contribution in [-0.2, 0) is 6.54 Å². The Morgan fingerprint density at radius 2 is 2.17 bits per heavy atom. The molecule has 0 amide bonds. The van der Waals surface area contributed by atoms with Gasteiger partial charge in [-0.1, -0.05) is 24.3 Å². The number of rotatable bonds is 5. The molecule has 1 unspecified atom stereocenters. The first-order valence-corrected chi connectivity index (χ1v) is 9.87. The number of thiophene rings is 1. The number of likely N-dealkylation sites (tertiary alicyclic amines) is 1. The van der Waals surface area contributed by atoms with Crippen LogP contribution in [0, 0.1) is 5.92 Å². The predicted octanol–water partition coefficient (Wildman–Crippen LogP) is 3.94. The molecule has 122 valence electrons. The minimum Gasteiger partial charge on any atom is -0.351 e. The van der Waals surface area contributed by atoms with Crippen molar-refractivity contribution in [2.45, 2.75) is 17.9 Å². The lowest BCUT2D eigenvalue weighted by Gasteiger charge is -2.21. The summed E-state index contributed by atoms with van der Waals surface area (Å²) in [6, 6.07) is 14.9. The zero-order chi connectivity index (χ0) is 15.9. The largest absolute Gasteiger partial charge is 0.351 e. The number of thioether (sulfide) groups is 1. The molecule has 1 fully saturated rings. The van der Waals surface area contributed by atoms with Crippen molar-refractivity contribution in [1.29, 1.82) is 0 Å². The van der Waals surface area contributed by atoms with Crippen LogP contribution in [0.3, 0.4) is 0 Å². The molecule has 0 aliphatic carbocycles. The van der Waals surface area contributed by atoms with E-state index in [9.17, 15) is 0 Å². The Morgan fingerprint density at radius 1 is 1.30 bits per heavy atom. The van der Waals surface area contributed by atoms with Crippen LogP contribution >= 0.6 is 23.1 Å². The highest BCUT2D eigenvalue weighted by molar-refractivity contribution is 7.99. The minimum absolute atomic E-state index is 0.737. The van der Waals surface area contributed by atoms with E-state index >= 15 is 0 Å². The third kappa shape index (κ3) is 4.75. The molecule has 0 radical (unpaired) electrons. The highest BCUT2D eigenvalue weighted by Gasteiger charge is 2.24. The zero-order valence-electron chi connectivity index (χ0n) is 13.4. The van der Waals surface area contributed by atoms with Crippen molar-refractivity contribution in [2.24, 2.45) is 10.9 Å². The predicted molar refractivity (Wildman–Crippen MR) is 101 cm³/mol. The van der Waals surface area contributed by atoms with E-state index in [-0.39, 0.29) is 0 Å². The van der Waals surface area contributed by atoms with Gasteiger partial charge in [0.2, 0.25) is 0 Å². The lowest BCUT2D eigenvalue weighted by molar-refractivity contribution is 0.474. The van der Waals surface area contributed by atoms with E-state index in [1.54, 1.807) is 11.3 Å². The second kappa shape index (κ2) is 8.41.